The molecule has 5 rings (SSSR count). The van der Waals surface area contributed by atoms with E-state index < -0.39 is 0 Å². The van der Waals surface area contributed by atoms with Crippen LogP contribution in [0.3, 0.4) is 0 Å². The van der Waals surface area contributed by atoms with Gasteiger partial charge in [-0.2, -0.15) is 0 Å². The van der Waals surface area contributed by atoms with Crippen LogP contribution < -0.4 is 0 Å². The minimum atomic E-state index is -0.345. The van der Waals surface area contributed by atoms with Crippen LogP contribution in [0.25, 0.3) is 0 Å². The number of ether oxygens (including phenoxy) is 4. The Balaban J connectivity index is 1.66. The molecule has 0 radical (unpaired) electrons. The van der Waals surface area contributed by atoms with Gasteiger partial charge in [0.25, 0.3) is 0 Å². The second-order valence-corrected chi connectivity index (χ2v) is 18.2. The predicted molar refractivity (Wildman–Crippen MR) is 259 cm³/mol. The van der Waals surface area contributed by atoms with E-state index in [0.717, 1.165) is 51.4 Å². The summed E-state index contributed by atoms with van der Waals surface area (Å²) in [7, 11) is 0. The van der Waals surface area contributed by atoms with Crippen LogP contribution in [-0.2, 0) is 90.2 Å². The molecule has 12 nitrogen and oxygen atoms in total. The fraction of sp³-hybridized carbons (Fsp3) is 0.500. The summed E-state index contributed by atoms with van der Waals surface area (Å²) in [5.41, 5.74) is 5.62. The van der Waals surface area contributed by atoms with E-state index in [-0.39, 0.29) is 125 Å². The third-order valence-electron chi connectivity index (χ3n) is 12.4. The second kappa shape index (κ2) is 27.1. The zero-order valence-electron chi connectivity index (χ0n) is 40.6. The van der Waals surface area contributed by atoms with Gasteiger partial charge in [-0.05, 0) is 141 Å². The highest BCUT2D eigenvalue weighted by Gasteiger charge is 2.23. The van der Waals surface area contributed by atoms with Crippen LogP contribution in [0.5, 0.6) is 23.0 Å². The van der Waals surface area contributed by atoms with Crippen LogP contribution in [-0.4, -0.2) is 44.3 Å². The Labute approximate surface area is 402 Å². The van der Waals surface area contributed by atoms with Crippen LogP contribution in [0.2, 0.25) is 0 Å². The van der Waals surface area contributed by atoms with Crippen molar-refractivity contribution >= 4 is 23.9 Å². The SMILES string of the molecule is CCCCCC(=O)OCc1cc2c(O)c(c1)Cc1cc(COC(=O)CCCCC)cc(c1O)Cc1cc(COC(=O)CCCCC)cc(c1O)Cc1cc(COC(=O)CCCCC)cc(c1O)C2. The quantitative estimate of drug-likeness (QED) is 0.0261. The minimum absolute atomic E-state index is 0.00471. The molecule has 8 bridgehead atoms. The lowest BCUT2D eigenvalue weighted by Gasteiger charge is -2.20. The molecule has 4 aromatic carbocycles. The number of unbranched alkanes of at least 4 members (excludes halogenated alkanes) is 8. The van der Waals surface area contributed by atoms with Gasteiger partial charge in [0, 0.05) is 51.4 Å². The summed E-state index contributed by atoms with van der Waals surface area (Å²) in [6, 6.07) is 13.8. The van der Waals surface area contributed by atoms with E-state index in [4.69, 9.17) is 18.9 Å². The maximum absolute atomic E-state index is 12.8. The first-order valence-electron chi connectivity index (χ1n) is 24.8. The Morgan fingerprint density at radius 2 is 0.515 bits per heavy atom. The summed E-state index contributed by atoms with van der Waals surface area (Å²) in [6.45, 7) is 7.92. The lowest BCUT2D eigenvalue weighted by Crippen LogP contribution is -2.08. The molecule has 0 unspecified atom stereocenters. The van der Waals surface area contributed by atoms with Gasteiger partial charge in [0.2, 0.25) is 0 Å². The third kappa shape index (κ3) is 16.0. The van der Waals surface area contributed by atoms with E-state index in [0.29, 0.717) is 92.4 Å². The highest BCUT2D eigenvalue weighted by Crippen LogP contribution is 2.40. The van der Waals surface area contributed by atoms with Crippen molar-refractivity contribution < 1.29 is 58.6 Å². The fourth-order valence-electron chi connectivity index (χ4n) is 8.58. The number of esters is 4. The monoisotopic (exact) mass is 937 g/mol. The summed E-state index contributed by atoms with van der Waals surface area (Å²) in [4.78, 5) is 51.2. The molecule has 4 aromatic rings. The first kappa shape index (κ1) is 52.9. The number of rotatable bonds is 24. The third-order valence-corrected chi connectivity index (χ3v) is 12.4. The van der Waals surface area contributed by atoms with E-state index in [1.165, 1.54) is 0 Å². The van der Waals surface area contributed by atoms with E-state index >= 15 is 0 Å². The Morgan fingerprint density at radius 1 is 0.338 bits per heavy atom. The molecule has 68 heavy (non-hydrogen) atoms. The Bertz CT molecular complexity index is 1930. The Kier molecular flexibility index (Phi) is 21.1. The zero-order valence-corrected chi connectivity index (χ0v) is 40.6. The maximum atomic E-state index is 12.8. The van der Waals surface area contributed by atoms with Gasteiger partial charge in [-0.25, -0.2) is 0 Å². The first-order chi connectivity index (χ1) is 32.8. The van der Waals surface area contributed by atoms with E-state index in [1.54, 1.807) is 48.5 Å². The van der Waals surface area contributed by atoms with Gasteiger partial charge in [-0.15, -0.1) is 0 Å². The Morgan fingerprint density at radius 3 is 0.676 bits per heavy atom. The largest absolute Gasteiger partial charge is 0.507 e. The number of fused-ring (bicyclic) bond motifs is 8. The summed E-state index contributed by atoms with van der Waals surface area (Å²) in [6.07, 6.45) is 11.3. The van der Waals surface area contributed by atoms with Gasteiger partial charge in [0.15, 0.2) is 0 Å². The summed E-state index contributed by atoms with van der Waals surface area (Å²) >= 11 is 0. The number of carbonyl (C=O) groups excluding carboxylic acids is 4. The molecule has 4 N–H and O–H groups in total. The van der Waals surface area contributed by atoms with Gasteiger partial charge in [0.05, 0.1) is 0 Å². The number of carbonyl (C=O) groups is 4. The number of benzene rings is 4. The number of aromatic hydroxyl groups is 4. The Hall–Kier alpha value is -6.04. The highest BCUT2D eigenvalue weighted by atomic mass is 16.5. The first-order valence-corrected chi connectivity index (χ1v) is 24.8. The predicted octanol–water partition coefficient (Wildman–Crippen LogP) is 11.7. The smallest absolute Gasteiger partial charge is 0.306 e. The van der Waals surface area contributed by atoms with Gasteiger partial charge < -0.3 is 39.4 Å². The van der Waals surface area contributed by atoms with Gasteiger partial charge >= 0.3 is 23.9 Å². The molecule has 0 atom stereocenters. The normalized spacial score (nSPS) is 12.1. The fourth-order valence-corrected chi connectivity index (χ4v) is 8.58. The van der Waals surface area contributed by atoms with Crippen LogP contribution in [0, 0.1) is 0 Å². The number of hydrogen-bond donors (Lipinski definition) is 4. The molecule has 0 heterocycles. The number of hydrogen-bond acceptors (Lipinski definition) is 12. The molecule has 0 saturated heterocycles. The average Bonchev–Trinajstić information content (AvgIpc) is 3.31. The summed E-state index contributed by atoms with van der Waals surface area (Å²) in [5, 5.41) is 48.3. The van der Waals surface area contributed by atoms with Crippen molar-refractivity contribution in [2.45, 2.75) is 183 Å². The standard InChI is InChI=1S/C56H72O12/c1-5-9-13-17-49(57)65-33-37-21-41-29-43-23-38(34-66-50(58)18-14-10-6-2)25-45(54(43)62)31-47-27-40(36-68-52(60)20-16-12-8-4)28-48(56(47)64)32-46-26-39(35-67-51(59)19-15-11-7-3)24-44(55(46)63)30-42(22-37)53(41)61/h21-28,61-64H,5-20,29-36H2,1-4H3. The molecule has 0 aromatic heterocycles. The van der Waals surface area contributed by atoms with Crippen molar-refractivity contribution in [2.24, 2.45) is 0 Å². The second-order valence-electron chi connectivity index (χ2n) is 18.2. The van der Waals surface area contributed by atoms with Gasteiger partial charge in [-0.3, -0.25) is 19.2 Å². The lowest BCUT2D eigenvalue weighted by atomic mass is 9.88. The van der Waals surface area contributed by atoms with Crippen LogP contribution >= 0.6 is 0 Å². The molecular formula is C56H72O12. The van der Waals surface area contributed by atoms with Crippen LogP contribution in [0.15, 0.2) is 48.5 Å². The zero-order chi connectivity index (χ0) is 49.0. The molecule has 0 amide bonds. The van der Waals surface area contributed by atoms with Crippen molar-refractivity contribution in [3.8, 4) is 23.0 Å². The molecule has 368 valence electrons. The van der Waals surface area contributed by atoms with Gasteiger partial charge in [0.1, 0.15) is 49.4 Å². The summed E-state index contributed by atoms with van der Waals surface area (Å²) in [5.74, 6) is -1.73. The van der Waals surface area contributed by atoms with E-state index in [1.807, 2.05) is 0 Å². The van der Waals surface area contributed by atoms with Crippen molar-refractivity contribution in [3.63, 3.8) is 0 Å². The van der Waals surface area contributed by atoms with Crippen molar-refractivity contribution in [2.75, 3.05) is 0 Å². The molecule has 0 spiro atoms. The molecule has 0 saturated carbocycles. The molecule has 0 aliphatic heterocycles. The average molecular weight is 937 g/mol. The van der Waals surface area contributed by atoms with Crippen LogP contribution in [0.1, 0.15) is 197 Å². The minimum Gasteiger partial charge on any atom is -0.507 e. The molecular weight excluding hydrogens is 865 g/mol. The number of phenolic OH excluding ortho intramolecular Hbond substituents is 4. The molecule has 12 heteroatoms. The molecule has 0 fully saturated rings. The van der Waals surface area contributed by atoms with Crippen LogP contribution in [0.4, 0.5) is 0 Å². The lowest BCUT2D eigenvalue weighted by molar-refractivity contribution is -0.146. The van der Waals surface area contributed by atoms with Crippen molar-refractivity contribution in [1.29, 1.82) is 0 Å². The molecule has 1 aliphatic carbocycles. The maximum Gasteiger partial charge on any atom is 0.306 e. The summed E-state index contributed by atoms with van der Waals surface area (Å²) < 4.78 is 22.9. The number of phenols is 4. The topological polar surface area (TPSA) is 186 Å². The van der Waals surface area contributed by atoms with E-state index in [9.17, 15) is 39.6 Å². The van der Waals surface area contributed by atoms with Crippen molar-refractivity contribution in [3.05, 3.63) is 115 Å². The van der Waals surface area contributed by atoms with Gasteiger partial charge in [-0.1, -0.05) is 79.1 Å². The van der Waals surface area contributed by atoms with Crippen molar-refractivity contribution in [1.82, 2.24) is 0 Å². The highest BCUT2D eigenvalue weighted by molar-refractivity contribution is 5.71. The molecule has 1 aliphatic rings. The van der Waals surface area contributed by atoms with E-state index in [2.05, 4.69) is 27.7 Å².